The summed E-state index contributed by atoms with van der Waals surface area (Å²) >= 11 is 0. The zero-order valence-electron chi connectivity index (χ0n) is 12.6. The maximum atomic E-state index is 11.8. The fourth-order valence-corrected chi connectivity index (χ4v) is 2.22. The zero-order valence-corrected chi connectivity index (χ0v) is 12.6. The van der Waals surface area contributed by atoms with Crippen molar-refractivity contribution in [2.75, 3.05) is 5.73 Å². The Balaban J connectivity index is 1.95. The number of benzene rings is 2. The number of ether oxygens (including phenoxy) is 1. The predicted molar refractivity (Wildman–Crippen MR) is 90.9 cm³/mol. The Hall–Kier alpha value is -3.48. The first-order valence-electron chi connectivity index (χ1n) is 7.18. The number of aromatic amines is 1. The minimum absolute atomic E-state index is 0.216. The van der Waals surface area contributed by atoms with E-state index < -0.39 is 11.2 Å². The van der Waals surface area contributed by atoms with Crippen molar-refractivity contribution in [2.24, 2.45) is 5.18 Å². The SMILES string of the molecule is Nc1nc(-c2ccccc2OCc2ccccc2)[nH]c(=O)c1N=O. The molecule has 0 saturated carbocycles. The molecule has 0 aliphatic rings. The molecule has 0 amide bonds. The molecule has 1 aromatic heterocycles. The zero-order chi connectivity index (χ0) is 16.9. The van der Waals surface area contributed by atoms with E-state index in [2.05, 4.69) is 15.1 Å². The van der Waals surface area contributed by atoms with Crippen molar-refractivity contribution in [3.8, 4) is 17.1 Å². The van der Waals surface area contributed by atoms with Gasteiger partial charge in [0.25, 0.3) is 5.56 Å². The van der Waals surface area contributed by atoms with E-state index in [1.54, 1.807) is 18.2 Å². The number of nitrogens with two attached hydrogens (primary N) is 1. The summed E-state index contributed by atoms with van der Waals surface area (Å²) in [6.45, 7) is 0.367. The lowest BCUT2D eigenvalue weighted by Crippen LogP contribution is -2.12. The summed E-state index contributed by atoms with van der Waals surface area (Å²) in [5.74, 6) is 0.533. The summed E-state index contributed by atoms with van der Waals surface area (Å²) in [6.07, 6.45) is 0. The molecule has 0 aliphatic heterocycles. The Morgan fingerprint density at radius 2 is 1.79 bits per heavy atom. The van der Waals surface area contributed by atoms with Gasteiger partial charge in [-0.25, -0.2) is 4.98 Å². The molecule has 0 aliphatic carbocycles. The summed E-state index contributed by atoms with van der Waals surface area (Å²) in [6, 6.07) is 16.8. The smallest absolute Gasteiger partial charge is 0.282 e. The van der Waals surface area contributed by atoms with Gasteiger partial charge in [0, 0.05) is 0 Å². The Kier molecular flexibility index (Phi) is 4.33. The molecule has 3 N–H and O–H groups in total. The van der Waals surface area contributed by atoms with Crippen LogP contribution in [-0.4, -0.2) is 9.97 Å². The van der Waals surface area contributed by atoms with Crippen LogP contribution in [0.2, 0.25) is 0 Å². The average Bonchev–Trinajstić information content (AvgIpc) is 2.61. The molecule has 0 bridgehead atoms. The lowest BCUT2D eigenvalue weighted by atomic mass is 10.2. The molecule has 0 unspecified atom stereocenters. The number of anilines is 1. The molecule has 120 valence electrons. The molecule has 0 fully saturated rings. The Labute approximate surface area is 137 Å². The normalized spacial score (nSPS) is 10.3. The number of H-pyrrole nitrogens is 1. The number of nitrogen functional groups attached to an aromatic ring is 1. The molecule has 1 heterocycles. The standard InChI is InChI=1S/C17H14N4O3/c18-15-14(21-23)17(22)20-16(19-15)12-8-4-5-9-13(12)24-10-11-6-2-1-3-7-11/h1-9H,10H2,(H3,18,19,20,22). The molecule has 7 heteroatoms. The first-order chi connectivity index (χ1) is 11.7. The third-order valence-corrected chi connectivity index (χ3v) is 3.39. The van der Waals surface area contributed by atoms with Crippen molar-refractivity contribution in [3.63, 3.8) is 0 Å². The van der Waals surface area contributed by atoms with E-state index in [1.165, 1.54) is 0 Å². The highest BCUT2D eigenvalue weighted by Gasteiger charge is 2.14. The van der Waals surface area contributed by atoms with Crippen LogP contribution in [0.3, 0.4) is 0 Å². The topological polar surface area (TPSA) is 110 Å². The molecule has 7 nitrogen and oxygen atoms in total. The van der Waals surface area contributed by atoms with Gasteiger partial charge in [0.05, 0.1) is 5.56 Å². The second-order valence-corrected chi connectivity index (χ2v) is 5.01. The van der Waals surface area contributed by atoms with E-state index in [1.807, 2.05) is 36.4 Å². The van der Waals surface area contributed by atoms with Crippen molar-refractivity contribution in [1.82, 2.24) is 9.97 Å². The van der Waals surface area contributed by atoms with Gasteiger partial charge in [-0.2, -0.15) is 0 Å². The highest BCUT2D eigenvalue weighted by Crippen LogP contribution is 2.28. The monoisotopic (exact) mass is 322 g/mol. The molecule has 3 rings (SSSR count). The van der Waals surface area contributed by atoms with Gasteiger partial charge in [-0.3, -0.25) is 4.79 Å². The van der Waals surface area contributed by atoms with Crippen LogP contribution in [-0.2, 0) is 6.61 Å². The van der Waals surface area contributed by atoms with E-state index in [-0.39, 0.29) is 11.6 Å². The van der Waals surface area contributed by atoms with Gasteiger partial charge in [-0.15, -0.1) is 4.91 Å². The number of hydrogen-bond donors (Lipinski definition) is 2. The number of aromatic nitrogens is 2. The maximum absolute atomic E-state index is 11.8. The summed E-state index contributed by atoms with van der Waals surface area (Å²) in [4.78, 5) is 29.0. The molecular weight excluding hydrogens is 308 g/mol. The molecule has 2 aromatic carbocycles. The number of para-hydroxylation sites is 1. The molecule has 0 spiro atoms. The largest absolute Gasteiger partial charge is 0.488 e. The Morgan fingerprint density at radius 3 is 2.50 bits per heavy atom. The molecule has 0 atom stereocenters. The van der Waals surface area contributed by atoms with E-state index in [9.17, 15) is 9.70 Å². The van der Waals surface area contributed by atoms with Gasteiger partial charge in [0.2, 0.25) is 5.69 Å². The van der Waals surface area contributed by atoms with Crippen LogP contribution in [0.1, 0.15) is 5.56 Å². The van der Waals surface area contributed by atoms with Crippen molar-refractivity contribution < 1.29 is 4.74 Å². The van der Waals surface area contributed by atoms with Crippen LogP contribution in [0.25, 0.3) is 11.4 Å². The van der Waals surface area contributed by atoms with Crippen molar-refractivity contribution in [3.05, 3.63) is 75.4 Å². The fourth-order valence-electron chi connectivity index (χ4n) is 2.22. The van der Waals surface area contributed by atoms with Crippen LogP contribution in [0.5, 0.6) is 5.75 Å². The summed E-state index contributed by atoms with van der Waals surface area (Å²) in [5.41, 5.74) is 6.07. The molecule has 3 aromatic rings. The number of rotatable bonds is 5. The van der Waals surface area contributed by atoms with Crippen LogP contribution < -0.4 is 16.0 Å². The number of nitroso groups, excluding NO2 is 1. The highest BCUT2D eigenvalue weighted by atomic mass is 16.5. The minimum atomic E-state index is -0.689. The maximum Gasteiger partial charge on any atom is 0.282 e. The van der Waals surface area contributed by atoms with Gasteiger partial charge in [-0.05, 0) is 22.9 Å². The number of nitrogens with zero attached hydrogens (tertiary/aromatic N) is 2. The second kappa shape index (κ2) is 6.74. The van der Waals surface area contributed by atoms with E-state index in [4.69, 9.17) is 10.5 Å². The first kappa shape index (κ1) is 15.4. The number of nitrogens with one attached hydrogen (secondary N) is 1. The minimum Gasteiger partial charge on any atom is -0.488 e. The van der Waals surface area contributed by atoms with Crippen LogP contribution in [0, 0.1) is 4.91 Å². The van der Waals surface area contributed by atoms with E-state index in [0.29, 0.717) is 17.9 Å². The Morgan fingerprint density at radius 1 is 1.08 bits per heavy atom. The van der Waals surface area contributed by atoms with Crippen molar-refractivity contribution >= 4 is 11.5 Å². The number of hydrogen-bond acceptors (Lipinski definition) is 6. The lowest BCUT2D eigenvalue weighted by molar-refractivity contribution is 0.307. The lowest BCUT2D eigenvalue weighted by Gasteiger charge is -2.11. The van der Waals surface area contributed by atoms with Gasteiger partial charge < -0.3 is 15.5 Å². The quantitative estimate of drug-likeness (QED) is 0.701. The Bertz CT molecular complexity index is 923. The highest BCUT2D eigenvalue weighted by molar-refractivity contribution is 5.67. The van der Waals surface area contributed by atoms with Gasteiger partial charge in [0.1, 0.15) is 18.2 Å². The van der Waals surface area contributed by atoms with Crippen LogP contribution >= 0.6 is 0 Å². The van der Waals surface area contributed by atoms with Crippen LogP contribution in [0.4, 0.5) is 11.5 Å². The van der Waals surface area contributed by atoms with E-state index in [0.717, 1.165) is 5.56 Å². The average molecular weight is 322 g/mol. The summed E-state index contributed by atoms with van der Waals surface area (Å²) < 4.78 is 5.83. The van der Waals surface area contributed by atoms with Crippen molar-refractivity contribution in [1.29, 1.82) is 0 Å². The fraction of sp³-hybridized carbons (Fsp3) is 0.0588. The summed E-state index contributed by atoms with van der Waals surface area (Å²) in [7, 11) is 0. The summed E-state index contributed by atoms with van der Waals surface area (Å²) in [5, 5.41) is 2.59. The predicted octanol–water partition coefficient (Wildman–Crippen LogP) is 3.00. The molecular formula is C17H14N4O3. The van der Waals surface area contributed by atoms with Crippen LogP contribution in [0.15, 0.2) is 64.6 Å². The third-order valence-electron chi connectivity index (χ3n) is 3.39. The third kappa shape index (κ3) is 3.14. The first-order valence-corrected chi connectivity index (χ1v) is 7.18. The van der Waals surface area contributed by atoms with E-state index >= 15 is 0 Å². The van der Waals surface area contributed by atoms with Gasteiger partial charge in [0.15, 0.2) is 5.82 Å². The van der Waals surface area contributed by atoms with Gasteiger partial charge >= 0.3 is 0 Å². The molecule has 0 saturated heterocycles. The second-order valence-electron chi connectivity index (χ2n) is 5.01. The van der Waals surface area contributed by atoms with Crippen molar-refractivity contribution in [2.45, 2.75) is 6.61 Å². The van der Waals surface area contributed by atoms with Gasteiger partial charge in [-0.1, -0.05) is 42.5 Å². The molecule has 0 radical (unpaired) electrons. The molecule has 24 heavy (non-hydrogen) atoms.